The number of aryl methyl sites for hydroxylation is 4. The minimum absolute atomic E-state index is 0. The minimum Gasteiger partial charge on any atom is -0.358 e. The molecule has 0 N–H and O–H groups in total. The SMILES string of the molecule is Cc1c(C)c2nc3nc(nc4[n-]c(nc5nc(nc1[n-]2)c(-c1ccccc1)n5-c1ccccc1)c(C)c4C)n(-c1ccccc1)[n+]3-c1ccccc1.[Pt+2]. The molecule has 0 spiro atoms. The first kappa shape index (κ1) is 33.8. The van der Waals surface area contributed by atoms with Crippen molar-refractivity contribution in [1.29, 1.82) is 0 Å². The molecule has 0 saturated carbocycles. The van der Waals surface area contributed by atoms with E-state index in [1.807, 2.05) is 151 Å². The van der Waals surface area contributed by atoms with Crippen LogP contribution in [0.1, 0.15) is 22.3 Å². The van der Waals surface area contributed by atoms with Crippen molar-refractivity contribution in [1.82, 2.24) is 49.1 Å². The molecule has 9 rings (SSSR count). The predicted octanol–water partition coefficient (Wildman–Crippen LogP) is 7.03. The van der Waals surface area contributed by atoms with Crippen molar-refractivity contribution in [2.75, 3.05) is 0 Å². The number of hydrogen-bond acceptors (Lipinski definition) is 6. The van der Waals surface area contributed by atoms with Crippen LogP contribution < -0.4 is 14.6 Å². The van der Waals surface area contributed by atoms with Gasteiger partial charge in [-0.15, -0.1) is 4.68 Å². The fourth-order valence-corrected chi connectivity index (χ4v) is 6.36. The van der Waals surface area contributed by atoms with Crippen LogP contribution in [0.5, 0.6) is 0 Å². The third-order valence-corrected chi connectivity index (χ3v) is 9.40. The Morgan fingerprint density at radius 2 is 0.943 bits per heavy atom. The van der Waals surface area contributed by atoms with Crippen molar-refractivity contribution in [3.05, 3.63) is 144 Å². The van der Waals surface area contributed by atoms with Gasteiger partial charge in [0.15, 0.2) is 11.4 Å². The second-order valence-electron chi connectivity index (χ2n) is 12.6. The molecule has 9 aromatic rings. The van der Waals surface area contributed by atoms with Crippen LogP contribution in [0, 0.1) is 27.7 Å². The van der Waals surface area contributed by atoms with E-state index < -0.39 is 0 Å². The Hall–Kier alpha value is -6.32. The molecule has 0 radical (unpaired) electrons. The summed E-state index contributed by atoms with van der Waals surface area (Å²) in [4.78, 5) is 40.6. The van der Waals surface area contributed by atoms with E-state index >= 15 is 0 Å². The number of hydrogen-bond donors (Lipinski definition) is 0. The van der Waals surface area contributed by atoms with Gasteiger partial charge in [-0.05, 0) is 91.3 Å². The second-order valence-corrected chi connectivity index (χ2v) is 12.6. The fourth-order valence-electron chi connectivity index (χ4n) is 6.36. The third kappa shape index (κ3) is 5.89. The number of rotatable bonds is 4. The summed E-state index contributed by atoms with van der Waals surface area (Å²) in [6.45, 7) is 8.01. The quantitative estimate of drug-likeness (QED) is 0.173. The molecule has 8 bridgehead atoms. The first-order chi connectivity index (χ1) is 25.4. The summed E-state index contributed by atoms with van der Waals surface area (Å²) in [6.07, 6.45) is 0. The van der Waals surface area contributed by atoms with Crippen LogP contribution >= 0.6 is 0 Å². The van der Waals surface area contributed by atoms with E-state index in [1.165, 1.54) is 0 Å². The number of aromatic nitrogens is 11. The van der Waals surface area contributed by atoms with Crippen LogP contribution in [0.4, 0.5) is 0 Å². The standard InChI is InChI=1S/C41H32N11.Pt/c1-25-26(2)36-42-34(25)44-38-33(29-17-9-5-10-18-29)50(30-19-11-6-12-20-30)39(48-38)45-35-27(3)28(4)37(43-35)47-41-49-40(46-36)51(31-21-13-7-14-22-31)52(41)32-23-15-8-16-24-32;/h5-24H,1-4H3;/q-1;+2. The second kappa shape index (κ2) is 13.7. The molecule has 0 aliphatic rings. The average Bonchev–Trinajstić information content (AvgIpc) is 3.88. The zero-order valence-corrected chi connectivity index (χ0v) is 31.6. The molecule has 11 nitrogen and oxygen atoms in total. The number of nitrogens with zero attached hydrogens (tertiary/aromatic N) is 11. The minimum atomic E-state index is 0. The Morgan fingerprint density at radius 1 is 0.472 bits per heavy atom. The molecule has 0 amide bonds. The summed E-state index contributed by atoms with van der Waals surface area (Å²) in [5.74, 6) is 1.24. The molecule has 260 valence electrons. The number of para-hydroxylation sites is 3. The molecule has 53 heavy (non-hydrogen) atoms. The molecular weight excluding hydrogens is 842 g/mol. The van der Waals surface area contributed by atoms with E-state index in [9.17, 15) is 0 Å². The van der Waals surface area contributed by atoms with Gasteiger partial charge in [-0.25, -0.2) is 4.98 Å². The zero-order valence-electron chi connectivity index (χ0n) is 29.3. The fraction of sp³-hybridized carbons (Fsp3) is 0.0976. The van der Waals surface area contributed by atoms with Gasteiger partial charge < -0.3 is 24.9 Å². The Morgan fingerprint density at radius 3 is 1.53 bits per heavy atom. The molecule has 0 aliphatic heterocycles. The Kier molecular flexibility index (Phi) is 8.72. The molecule has 12 heteroatoms. The summed E-state index contributed by atoms with van der Waals surface area (Å²) in [7, 11) is 0. The van der Waals surface area contributed by atoms with E-state index in [0.29, 0.717) is 45.6 Å². The number of imidazole rings is 1. The molecule has 0 saturated heterocycles. The molecule has 0 atom stereocenters. The van der Waals surface area contributed by atoms with Gasteiger partial charge in [0, 0.05) is 28.2 Å². The zero-order chi connectivity index (χ0) is 35.3. The third-order valence-electron chi connectivity index (χ3n) is 9.40. The van der Waals surface area contributed by atoms with E-state index in [0.717, 1.165) is 50.6 Å². The van der Waals surface area contributed by atoms with Crippen LogP contribution in [0.25, 0.3) is 73.9 Å². The molecule has 5 heterocycles. The number of fused-ring (bicyclic) bond motifs is 8. The van der Waals surface area contributed by atoms with E-state index in [-0.39, 0.29) is 21.1 Å². The first-order valence-electron chi connectivity index (χ1n) is 17.0. The molecule has 4 aromatic carbocycles. The van der Waals surface area contributed by atoms with Crippen molar-refractivity contribution < 1.29 is 25.7 Å². The molecule has 0 aliphatic carbocycles. The van der Waals surface area contributed by atoms with Gasteiger partial charge in [0.1, 0.15) is 11.3 Å². The summed E-state index contributed by atoms with van der Waals surface area (Å²) in [6, 6.07) is 40.1. The van der Waals surface area contributed by atoms with Gasteiger partial charge in [-0.1, -0.05) is 89.9 Å². The summed E-state index contributed by atoms with van der Waals surface area (Å²) < 4.78 is 5.92. The van der Waals surface area contributed by atoms with Gasteiger partial charge >= 0.3 is 26.8 Å². The van der Waals surface area contributed by atoms with Gasteiger partial charge in [0.25, 0.3) is 5.78 Å². The first-order valence-corrected chi connectivity index (χ1v) is 17.0. The van der Waals surface area contributed by atoms with Gasteiger partial charge in [0.2, 0.25) is 0 Å². The van der Waals surface area contributed by atoms with Gasteiger partial charge in [-0.2, -0.15) is 4.68 Å². The van der Waals surface area contributed by atoms with Gasteiger partial charge in [0.05, 0.1) is 11.4 Å². The van der Waals surface area contributed by atoms with Crippen molar-refractivity contribution in [3.8, 4) is 28.3 Å². The molecule has 0 unspecified atom stereocenters. The Bertz CT molecular complexity index is 2490. The van der Waals surface area contributed by atoms with E-state index in [2.05, 4.69) is 12.1 Å². The van der Waals surface area contributed by atoms with E-state index in [4.69, 9.17) is 39.9 Å². The maximum atomic E-state index is 5.14. The van der Waals surface area contributed by atoms with Crippen molar-refractivity contribution in [3.63, 3.8) is 0 Å². The van der Waals surface area contributed by atoms with Crippen molar-refractivity contribution in [2.45, 2.75) is 27.7 Å². The molecular formula is C41H32N11Pt+. The van der Waals surface area contributed by atoms with Crippen LogP contribution in [-0.2, 0) is 21.1 Å². The Labute approximate surface area is 318 Å². The summed E-state index contributed by atoms with van der Waals surface area (Å²) in [5.41, 5.74) is 10.4. The largest absolute Gasteiger partial charge is 2.00 e. The van der Waals surface area contributed by atoms with E-state index in [1.54, 1.807) is 0 Å². The maximum absolute atomic E-state index is 5.14. The van der Waals surface area contributed by atoms with Crippen molar-refractivity contribution >= 4 is 45.6 Å². The smallest absolute Gasteiger partial charge is 0.358 e. The van der Waals surface area contributed by atoms with Crippen LogP contribution in [0.15, 0.2) is 121 Å². The average molecular weight is 874 g/mol. The van der Waals surface area contributed by atoms with Crippen LogP contribution in [-0.4, -0.2) is 39.2 Å². The Balaban J connectivity index is 0.00000400. The summed E-state index contributed by atoms with van der Waals surface area (Å²) >= 11 is 0. The van der Waals surface area contributed by atoms with Crippen LogP contribution in [0.3, 0.4) is 0 Å². The summed E-state index contributed by atoms with van der Waals surface area (Å²) in [5, 5.41) is 0. The predicted molar refractivity (Wildman–Crippen MR) is 201 cm³/mol. The monoisotopic (exact) mass is 873 g/mol. The van der Waals surface area contributed by atoms with Gasteiger partial charge in [-0.3, -0.25) is 4.57 Å². The maximum Gasteiger partial charge on any atom is 2.00 e. The number of benzene rings is 4. The molecule has 0 fully saturated rings. The van der Waals surface area contributed by atoms with Crippen molar-refractivity contribution in [2.24, 2.45) is 0 Å². The normalized spacial score (nSPS) is 11.2. The topological polar surface area (TPSA) is 119 Å². The molecule has 5 aromatic heterocycles. The van der Waals surface area contributed by atoms with Crippen LogP contribution in [0.2, 0.25) is 0 Å².